The number of aromatic nitrogens is 3. The van der Waals surface area contributed by atoms with E-state index in [0.29, 0.717) is 22.2 Å². The van der Waals surface area contributed by atoms with Crippen molar-refractivity contribution in [1.29, 1.82) is 0 Å². The topological polar surface area (TPSA) is 146 Å². The molecule has 4 aromatic rings. The summed E-state index contributed by atoms with van der Waals surface area (Å²) in [5.41, 5.74) is 0.997. The van der Waals surface area contributed by atoms with E-state index in [1.54, 1.807) is 22.8 Å². The monoisotopic (exact) mass is 476 g/mol. The van der Waals surface area contributed by atoms with Crippen molar-refractivity contribution in [2.24, 2.45) is 0 Å². The van der Waals surface area contributed by atoms with Crippen molar-refractivity contribution in [3.8, 4) is 17.1 Å². The van der Waals surface area contributed by atoms with Gasteiger partial charge in [-0.1, -0.05) is 54.2 Å². The van der Waals surface area contributed by atoms with Crippen molar-refractivity contribution < 1.29 is 14.6 Å². The molecule has 1 heterocycles. The zero-order valence-electron chi connectivity index (χ0n) is 17.4. The normalized spacial score (nSPS) is 10.6. The molecule has 0 unspecified atom stereocenters. The van der Waals surface area contributed by atoms with Gasteiger partial charge in [-0.15, -0.1) is 10.2 Å². The average Bonchev–Trinajstić information content (AvgIpc) is 3.27. The van der Waals surface area contributed by atoms with Gasteiger partial charge in [0.05, 0.1) is 15.6 Å². The number of hydrogen-bond acceptors (Lipinski definition) is 8. The fourth-order valence-electron chi connectivity index (χ4n) is 3.17. The average molecular weight is 476 g/mol. The second-order valence-corrected chi connectivity index (χ2v) is 7.84. The van der Waals surface area contributed by atoms with Gasteiger partial charge in [0.2, 0.25) is 5.91 Å². The fourth-order valence-corrected chi connectivity index (χ4v) is 3.93. The van der Waals surface area contributed by atoms with Crippen LogP contribution >= 0.6 is 11.8 Å². The Kier molecular flexibility index (Phi) is 6.59. The van der Waals surface area contributed by atoms with Gasteiger partial charge < -0.3 is 5.32 Å². The first-order valence-electron chi connectivity index (χ1n) is 9.86. The molecule has 1 amide bonds. The molecule has 34 heavy (non-hydrogen) atoms. The third-order valence-corrected chi connectivity index (χ3v) is 5.60. The summed E-state index contributed by atoms with van der Waals surface area (Å²) in [6, 6.07) is 21.0. The van der Waals surface area contributed by atoms with Crippen LogP contribution in [0.5, 0.6) is 0 Å². The van der Waals surface area contributed by atoms with E-state index in [-0.39, 0.29) is 22.8 Å². The predicted octanol–water partition coefficient (Wildman–Crippen LogP) is 4.48. The molecular formula is C22H16N6O5S. The maximum absolute atomic E-state index is 12.5. The Balaban J connectivity index is 1.62. The highest BCUT2D eigenvalue weighted by atomic mass is 32.2. The highest BCUT2D eigenvalue weighted by molar-refractivity contribution is 7.99. The van der Waals surface area contributed by atoms with Gasteiger partial charge in [-0.2, -0.15) is 0 Å². The quantitative estimate of drug-likeness (QED) is 0.222. The second-order valence-electron chi connectivity index (χ2n) is 6.90. The van der Waals surface area contributed by atoms with E-state index >= 15 is 0 Å². The van der Waals surface area contributed by atoms with Gasteiger partial charge in [-0.25, -0.2) is 0 Å². The standard InChI is InChI=1S/C22H16N6O5S/c29-20(23-18-11-4-5-12-19(18)28(32)33)14-34-22-25-24-21(26(22)16-8-2-1-3-9-16)15-7-6-10-17(13-15)27(30)31/h1-13H,14H2,(H,23,29). The number of rotatable bonds is 8. The number of hydrogen-bond donors (Lipinski definition) is 1. The van der Waals surface area contributed by atoms with Crippen LogP contribution in [0, 0.1) is 20.2 Å². The molecule has 0 spiro atoms. The zero-order chi connectivity index (χ0) is 24.1. The number of carbonyl (C=O) groups is 1. The van der Waals surface area contributed by atoms with Crippen molar-refractivity contribution in [3.05, 3.63) is 99.1 Å². The van der Waals surface area contributed by atoms with Crippen LogP contribution in [0.2, 0.25) is 0 Å². The molecule has 0 saturated carbocycles. The first-order valence-corrected chi connectivity index (χ1v) is 10.8. The summed E-state index contributed by atoms with van der Waals surface area (Å²) in [7, 11) is 0. The zero-order valence-corrected chi connectivity index (χ0v) is 18.2. The van der Waals surface area contributed by atoms with Crippen LogP contribution in [0.25, 0.3) is 17.1 Å². The van der Waals surface area contributed by atoms with Gasteiger partial charge >= 0.3 is 0 Å². The SMILES string of the molecule is O=C(CSc1nnc(-c2cccc([N+](=O)[O-])c2)n1-c1ccccc1)Nc1ccccc1[N+](=O)[O-]. The number of para-hydroxylation sites is 3. The minimum Gasteiger partial charge on any atom is -0.320 e. The molecule has 170 valence electrons. The lowest BCUT2D eigenvalue weighted by Gasteiger charge is -2.10. The number of benzene rings is 3. The lowest BCUT2D eigenvalue weighted by molar-refractivity contribution is -0.384. The van der Waals surface area contributed by atoms with E-state index in [9.17, 15) is 25.0 Å². The number of non-ortho nitro benzene ring substituents is 1. The van der Waals surface area contributed by atoms with Gasteiger partial charge in [0, 0.05) is 29.4 Å². The minimum absolute atomic E-state index is 0.0850. The molecule has 4 rings (SSSR count). The number of carbonyl (C=O) groups excluding carboxylic acids is 1. The van der Waals surface area contributed by atoms with Crippen LogP contribution in [-0.2, 0) is 4.79 Å². The highest BCUT2D eigenvalue weighted by Crippen LogP contribution is 2.30. The molecule has 0 fully saturated rings. The van der Waals surface area contributed by atoms with Gasteiger partial charge in [0.15, 0.2) is 11.0 Å². The van der Waals surface area contributed by atoms with Crippen LogP contribution in [0.3, 0.4) is 0 Å². The first-order chi connectivity index (χ1) is 16.4. The Labute approximate surface area is 196 Å². The lowest BCUT2D eigenvalue weighted by atomic mass is 10.2. The summed E-state index contributed by atoms with van der Waals surface area (Å²) in [5.74, 6) is -0.179. The van der Waals surface area contributed by atoms with E-state index in [4.69, 9.17) is 0 Å². The Bertz CT molecular complexity index is 1380. The molecule has 1 aromatic heterocycles. The molecule has 0 aliphatic rings. The van der Waals surface area contributed by atoms with Crippen LogP contribution in [0.15, 0.2) is 84.0 Å². The summed E-state index contributed by atoms with van der Waals surface area (Å²) >= 11 is 1.08. The first kappa shape index (κ1) is 22.6. The van der Waals surface area contributed by atoms with Gasteiger partial charge in [-0.05, 0) is 18.2 Å². The van der Waals surface area contributed by atoms with Crippen LogP contribution in [0.1, 0.15) is 0 Å². The summed E-state index contributed by atoms with van der Waals surface area (Å²) in [4.78, 5) is 33.8. The van der Waals surface area contributed by atoms with E-state index in [0.717, 1.165) is 11.8 Å². The van der Waals surface area contributed by atoms with Crippen molar-refractivity contribution >= 4 is 34.7 Å². The minimum atomic E-state index is -0.569. The number of thioether (sulfide) groups is 1. The highest BCUT2D eigenvalue weighted by Gasteiger charge is 2.20. The lowest BCUT2D eigenvalue weighted by Crippen LogP contribution is -2.15. The van der Waals surface area contributed by atoms with Gasteiger partial charge in [0.1, 0.15) is 5.69 Å². The predicted molar refractivity (Wildman–Crippen MR) is 126 cm³/mol. The Hall–Kier alpha value is -4.58. The number of anilines is 1. The molecular weight excluding hydrogens is 460 g/mol. The van der Waals surface area contributed by atoms with E-state index in [2.05, 4.69) is 15.5 Å². The number of nitro benzene ring substituents is 2. The smallest absolute Gasteiger partial charge is 0.292 e. The second kappa shape index (κ2) is 9.92. The number of nitrogens with zero attached hydrogens (tertiary/aromatic N) is 5. The molecule has 1 N–H and O–H groups in total. The number of amides is 1. The summed E-state index contributed by atoms with van der Waals surface area (Å²) in [5, 5.41) is 33.7. The maximum Gasteiger partial charge on any atom is 0.292 e. The van der Waals surface area contributed by atoms with Crippen molar-refractivity contribution in [2.45, 2.75) is 5.16 Å². The Morgan fingerprint density at radius 3 is 2.38 bits per heavy atom. The molecule has 0 radical (unpaired) electrons. The Morgan fingerprint density at radius 2 is 1.65 bits per heavy atom. The van der Waals surface area contributed by atoms with E-state index < -0.39 is 15.8 Å². The van der Waals surface area contributed by atoms with Gasteiger partial charge in [0.25, 0.3) is 11.4 Å². The maximum atomic E-state index is 12.5. The molecule has 0 saturated heterocycles. The molecule has 0 atom stereocenters. The molecule has 0 bridgehead atoms. The van der Waals surface area contributed by atoms with Crippen molar-refractivity contribution in [3.63, 3.8) is 0 Å². The van der Waals surface area contributed by atoms with E-state index in [1.807, 2.05) is 30.3 Å². The van der Waals surface area contributed by atoms with Crippen molar-refractivity contribution in [2.75, 3.05) is 11.1 Å². The third-order valence-electron chi connectivity index (χ3n) is 4.67. The van der Waals surface area contributed by atoms with Crippen LogP contribution in [0.4, 0.5) is 17.1 Å². The van der Waals surface area contributed by atoms with Crippen molar-refractivity contribution in [1.82, 2.24) is 14.8 Å². The molecule has 12 heteroatoms. The molecule has 0 aliphatic heterocycles. The van der Waals surface area contributed by atoms with Gasteiger partial charge in [-0.3, -0.25) is 29.6 Å². The summed E-state index contributed by atoms with van der Waals surface area (Å²) in [6.45, 7) is 0. The van der Waals surface area contributed by atoms with Crippen LogP contribution < -0.4 is 5.32 Å². The third kappa shape index (κ3) is 4.91. The molecule has 3 aromatic carbocycles. The molecule has 11 nitrogen and oxygen atoms in total. The largest absolute Gasteiger partial charge is 0.320 e. The van der Waals surface area contributed by atoms with E-state index in [1.165, 1.54) is 30.3 Å². The van der Waals surface area contributed by atoms with Crippen LogP contribution in [-0.4, -0.2) is 36.3 Å². The summed E-state index contributed by atoms with van der Waals surface area (Å²) < 4.78 is 1.70. The molecule has 0 aliphatic carbocycles. The number of nitro groups is 2. The number of nitrogens with one attached hydrogen (secondary N) is 1. The fraction of sp³-hybridized carbons (Fsp3) is 0.0455. The summed E-state index contributed by atoms with van der Waals surface area (Å²) in [6.07, 6.45) is 0. The Morgan fingerprint density at radius 1 is 0.912 bits per heavy atom.